The molecule has 0 radical (unpaired) electrons. The van der Waals surface area contributed by atoms with Crippen LogP contribution in [0.4, 0.5) is 15.9 Å². The van der Waals surface area contributed by atoms with Gasteiger partial charge in [0.15, 0.2) is 11.7 Å². The quantitative estimate of drug-likeness (QED) is 0.587. The van der Waals surface area contributed by atoms with E-state index in [1.807, 2.05) is 35.2 Å². The molecule has 1 saturated heterocycles. The lowest BCUT2D eigenvalue weighted by atomic mass is 10.1. The Bertz CT molecular complexity index is 1120. The Morgan fingerprint density at radius 3 is 2.29 bits per heavy atom. The summed E-state index contributed by atoms with van der Waals surface area (Å²) in [6, 6.07) is 15.8. The zero-order valence-electron chi connectivity index (χ0n) is 17.2. The van der Waals surface area contributed by atoms with Gasteiger partial charge in [0, 0.05) is 31.9 Å². The van der Waals surface area contributed by atoms with Crippen LogP contribution in [0.2, 0.25) is 0 Å². The topological polar surface area (TPSA) is 82.3 Å². The number of nitriles is 1. The first kappa shape index (κ1) is 20.5. The van der Waals surface area contributed by atoms with E-state index in [4.69, 9.17) is 9.72 Å². The Kier molecular flexibility index (Phi) is 5.94. The molecule has 158 valence electrons. The van der Waals surface area contributed by atoms with E-state index in [0.717, 1.165) is 5.69 Å². The molecule has 0 saturated carbocycles. The van der Waals surface area contributed by atoms with Crippen molar-refractivity contribution in [3.8, 4) is 6.07 Å². The number of halogens is 1. The lowest BCUT2D eigenvalue weighted by molar-refractivity contribution is -0.143. The van der Waals surface area contributed by atoms with Gasteiger partial charge in [0.25, 0.3) is 0 Å². The number of hydrogen-bond acceptors (Lipinski definition) is 7. The maximum Gasteiger partial charge on any atom is 0.329 e. The van der Waals surface area contributed by atoms with Gasteiger partial charge in [-0.3, -0.25) is 4.79 Å². The van der Waals surface area contributed by atoms with Gasteiger partial charge in [-0.25, -0.2) is 14.4 Å². The molecule has 8 heteroatoms. The van der Waals surface area contributed by atoms with Gasteiger partial charge in [0.05, 0.1) is 23.7 Å². The summed E-state index contributed by atoms with van der Waals surface area (Å²) < 4.78 is 18.3. The van der Waals surface area contributed by atoms with Crippen LogP contribution in [0.5, 0.6) is 0 Å². The van der Waals surface area contributed by atoms with E-state index >= 15 is 0 Å². The Balaban J connectivity index is 1.65. The number of anilines is 2. The van der Waals surface area contributed by atoms with Crippen LogP contribution in [0.25, 0.3) is 11.0 Å². The van der Waals surface area contributed by atoms with E-state index in [1.54, 1.807) is 19.1 Å². The highest BCUT2D eigenvalue weighted by Crippen LogP contribution is 2.29. The van der Waals surface area contributed by atoms with Crippen LogP contribution in [0, 0.1) is 17.1 Å². The molecule has 1 aromatic heterocycles. The minimum absolute atomic E-state index is 0.184. The third kappa shape index (κ3) is 4.26. The Morgan fingerprint density at radius 2 is 1.68 bits per heavy atom. The minimum Gasteiger partial charge on any atom is -0.465 e. The van der Waals surface area contributed by atoms with E-state index < -0.39 is 11.9 Å². The zero-order chi connectivity index (χ0) is 21.8. The lowest BCUT2D eigenvalue weighted by Crippen LogP contribution is -2.47. The summed E-state index contributed by atoms with van der Waals surface area (Å²) >= 11 is 0. The summed E-state index contributed by atoms with van der Waals surface area (Å²) in [4.78, 5) is 26.0. The van der Waals surface area contributed by atoms with Crippen LogP contribution in [-0.4, -0.2) is 48.7 Å². The predicted octanol–water partition coefficient (Wildman–Crippen LogP) is 3.27. The predicted molar refractivity (Wildman–Crippen MR) is 115 cm³/mol. The molecule has 0 bridgehead atoms. The molecule has 4 rings (SSSR count). The first-order valence-electron chi connectivity index (χ1n) is 10.2. The van der Waals surface area contributed by atoms with Crippen molar-refractivity contribution < 1.29 is 13.9 Å². The van der Waals surface area contributed by atoms with Gasteiger partial charge in [-0.15, -0.1) is 0 Å². The van der Waals surface area contributed by atoms with Crippen LogP contribution in [0.1, 0.15) is 18.5 Å². The van der Waals surface area contributed by atoms with Crippen LogP contribution >= 0.6 is 0 Å². The number of nitrogens with zero attached hydrogens (tertiary/aromatic N) is 5. The Hall–Kier alpha value is -3.73. The van der Waals surface area contributed by atoms with E-state index in [2.05, 4.69) is 9.88 Å². The molecule has 2 heterocycles. The number of esters is 1. The average Bonchev–Trinajstić information content (AvgIpc) is 2.80. The summed E-state index contributed by atoms with van der Waals surface area (Å²) in [5.41, 5.74) is 2.58. The van der Waals surface area contributed by atoms with Crippen LogP contribution in [0.3, 0.4) is 0 Å². The molecule has 1 atom stereocenters. The zero-order valence-corrected chi connectivity index (χ0v) is 17.2. The maximum absolute atomic E-state index is 13.2. The molecule has 2 aromatic carbocycles. The summed E-state index contributed by atoms with van der Waals surface area (Å²) in [7, 11) is 0. The Labute approximate surface area is 179 Å². The van der Waals surface area contributed by atoms with Gasteiger partial charge in [0.2, 0.25) is 0 Å². The van der Waals surface area contributed by atoms with Crippen molar-refractivity contribution in [3.63, 3.8) is 0 Å². The van der Waals surface area contributed by atoms with Crippen LogP contribution in [-0.2, 0) is 9.53 Å². The van der Waals surface area contributed by atoms with Crippen molar-refractivity contribution in [2.45, 2.75) is 12.8 Å². The molecule has 0 spiro atoms. The summed E-state index contributed by atoms with van der Waals surface area (Å²) in [6.07, 6.45) is 0. The molecular formula is C23H22FN5O2. The summed E-state index contributed by atoms with van der Waals surface area (Å²) in [5, 5.41) is 9.71. The summed E-state index contributed by atoms with van der Waals surface area (Å²) in [6.45, 7) is 4.51. The number of para-hydroxylation sites is 2. The SMILES string of the molecule is CCOC(=O)C(C#N)c1nc2ccccc2nc1N1CCN(c2ccc(F)cc2)CC1. The molecule has 1 unspecified atom stereocenters. The highest BCUT2D eigenvalue weighted by Gasteiger charge is 2.31. The standard InChI is InChI=1S/C23H22FN5O2/c1-2-31-23(30)18(15-25)21-22(27-20-6-4-3-5-19(20)26-21)29-13-11-28(12-14-29)17-9-7-16(24)8-10-17/h3-10,18H,2,11-14H2,1H3. The van der Waals surface area contributed by atoms with Crippen molar-refractivity contribution in [2.75, 3.05) is 42.6 Å². The van der Waals surface area contributed by atoms with E-state index in [0.29, 0.717) is 48.7 Å². The molecule has 1 fully saturated rings. The molecule has 1 aliphatic rings. The lowest BCUT2D eigenvalue weighted by Gasteiger charge is -2.37. The fourth-order valence-corrected chi connectivity index (χ4v) is 3.71. The fraction of sp³-hybridized carbons (Fsp3) is 0.304. The number of fused-ring (bicyclic) bond motifs is 1. The second-order valence-corrected chi connectivity index (χ2v) is 7.19. The number of carbonyl (C=O) groups is 1. The smallest absolute Gasteiger partial charge is 0.329 e. The second kappa shape index (κ2) is 8.96. The van der Waals surface area contributed by atoms with Crippen molar-refractivity contribution in [2.24, 2.45) is 0 Å². The number of rotatable bonds is 5. The van der Waals surface area contributed by atoms with Crippen LogP contribution in [0.15, 0.2) is 48.5 Å². The van der Waals surface area contributed by atoms with Crippen molar-refractivity contribution >= 4 is 28.5 Å². The third-order valence-corrected chi connectivity index (χ3v) is 5.27. The minimum atomic E-state index is -1.15. The number of piperazine rings is 1. The fourth-order valence-electron chi connectivity index (χ4n) is 3.71. The normalized spacial score (nSPS) is 14.9. The highest BCUT2D eigenvalue weighted by molar-refractivity contribution is 5.85. The number of carbonyl (C=O) groups excluding carboxylic acids is 1. The van der Waals surface area contributed by atoms with Gasteiger partial charge in [-0.2, -0.15) is 5.26 Å². The maximum atomic E-state index is 13.2. The van der Waals surface area contributed by atoms with Gasteiger partial charge in [-0.1, -0.05) is 12.1 Å². The van der Waals surface area contributed by atoms with Gasteiger partial charge in [-0.05, 0) is 43.3 Å². The van der Waals surface area contributed by atoms with Crippen molar-refractivity contribution in [3.05, 3.63) is 60.0 Å². The molecule has 3 aromatic rings. The van der Waals surface area contributed by atoms with Gasteiger partial charge in [0.1, 0.15) is 11.5 Å². The summed E-state index contributed by atoms with van der Waals surface area (Å²) in [5.74, 6) is -1.51. The van der Waals surface area contributed by atoms with Crippen molar-refractivity contribution in [1.82, 2.24) is 9.97 Å². The van der Waals surface area contributed by atoms with Crippen molar-refractivity contribution in [1.29, 1.82) is 5.26 Å². The third-order valence-electron chi connectivity index (χ3n) is 5.27. The molecule has 1 aliphatic heterocycles. The van der Waals surface area contributed by atoms with E-state index in [-0.39, 0.29) is 12.4 Å². The first-order valence-corrected chi connectivity index (χ1v) is 10.2. The highest BCUT2D eigenvalue weighted by atomic mass is 19.1. The molecule has 0 aliphatic carbocycles. The average molecular weight is 419 g/mol. The monoisotopic (exact) mass is 419 g/mol. The second-order valence-electron chi connectivity index (χ2n) is 7.19. The Morgan fingerprint density at radius 1 is 1.06 bits per heavy atom. The molecule has 0 amide bonds. The van der Waals surface area contributed by atoms with E-state index in [1.165, 1.54) is 12.1 Å². The molecular weight excluding hydrogens is 397 g/mol. The number of hydrogen-bond donors (Lipinski definition) is 0. The van der Waals surface area contributed by atoms with Gasteiger partial charge >= 0.3 is 5.97 Å². The van der Waals surface area contributed by atoms with Gasteiger partial charge < -0.3 is 14.5 Å². The number of benzene rings is 2. The van der Waals surface area contributed by atoms with Crippen LogP contribution < -0.4 is 9.80 Å². The first-order chi connectivity index (χ1) is 15.1. The molecule has 7 nitrogen and oxygen atoms in total. The largest absolute Gasteiger partial charge is 0.465 e. The number of ether oxygens (including phenoxy) is 1. The van der Waals surface area contributed by atoms with E-state index in [9.17, 15) is 14.4 Å². The number of aromatic nitrogens is 2. The molecule has 31 heavy (non-hydrogen) atoms. The molecule has 0 N–H and O–H groups in total.